The fourth-order valence-electron chi connectivity index (χ4n) is 1.89. The van der Waals surface area contributed by atoms with Gasteiger partial charge in [-0.1, -0.05) is 5.57 Å². The van der Waals surface area contributed by atoms with Crippen LogP contribution in [0.5, 0.6) is 0 Å². The summed E-state index contributed by atoms with van der Waals surface area (Å²) in [6.45, 7) is 4.22. The molecule has 0 radical (unpaired) electrons. The van der Waals surface area contributed by atoms with Crippen LogP contribution in [0.4, 0.5) is 0 Å². The van der Waals surface area contributed by atoms with Crippen molar-refractivity contribution in [3.8, 4) is 0 Å². The molecule has 0 amide bonds. The molecule has 4 heteroatoms. The van der Waals surface area contributed by atoms with Gasteiger partial charge in [-0.2, -0.15) is 5.10 Å². The molecule has 0 atom stereocenters. The lowest BCUT2D eigenvalue weighted by Gasteiger charge is -2.15. The Morgan fingerprint density at radius 1 is 1.40 bits per heavy atom. The molecule has 82 valence electrons. The fraction of sp³-hybridized carbons (Fsp3) is 0.545. The van der Waals surface area contributed by atoms with Crippen molar-refractivity contribution in [1.82, 2.24) is 15.1 Å². The molecule has 0 unspecified atom stereocenters. The number of nitrogens with zero attached hydrogens (tertiary/aromatic N) is 2. The molecular formula is C11H16BrN3. The zero-order chi connectivity index (χ0) is 10.8. The van der Waals surface area contributed by atoms with E-state index in [2.05, 4.69) is 32.4 Å². The first-order chi connectivity index (χ1) is 7.18. The highest BCUT2D eigenvalue weighted by Gasteiger charge is 2.10. The van der Waals surface area contributed by atoms with E-state index in [-0.39, 0.29) is 0 Å². The van der Waals surface area contributed by atoms with E-state index in [1.165, 1.54) is 11.3 Å². The number of aromatic nitrogens is 2. The summed E-state index contributed by atoms with van der Waals surface area (Å²) < 4.78 is 3.06. The lowest BCUT2D eigenvalue weighted by Crippen LogP contribution is -2.23. The first-order valence-corrected chi connectivity index (χ1v) is 6.07. The average molecular weight is 270 g/mol. The third kappa shape index (κ3) is 2.32. The summed E-state index contributed by atoms with van der Waals surface area (Å²) in [6.07, 6.45) is 4.57. The van der Waals surface area contributed by atoms with E-state index in [0.29, 0.717) is 0 Å². The molecule has 0 aromatic carbocycles. The second kappa shape index (κ2) is 4.49. The minimum Gasteiger partial charge on any atom is -0.316 e. The van der Waals surface area contributed by atoms with Gasteiger partial charge in [0.2, 0.25) is 0 Å². The van der Waals surface area contributed by atoms with Crippen LogP contribution < -0.4 is 5.32 Å². The van der Waals surface area contributed by atoms with Crippen LogP contribution in [0.3, 0.4) is 0 Å². The van der Waals surface area contributed by atoms with Crippen molar-refractivity contribution in [3.05, 3.63) is 21.4 Å². The molecule has 3 nitrogen and oxygen atoms in total. The summed E-state index contributed by atoms with van der Waals surface area (Å²) >= 11 is 3.58. The highest BCUT2D eigenvalue weighted by molar-refractivity contribution is 9.10. The van der Waals surface area contributed by atoms with Crippen LogP contribution in [0.15, 0.2) is 10.0 Å². The molecule has 0 bridgehead atoms. The van der Waals surface area contributed by atoms with Gasteiger partial charge >= 0.3 is 0 Å². The van der Waals surface area contributed by atoms with Crippen LogP contribution >= 0.6 is 15.9 Å². The first-order valence-electron chi connectivity index (χ1n) is 5.27. The maximum absolute atomic E-state index is 4.39. The lowest BCUT2D eigenvalue weighted by atomic mass is 10.0. The third-order valence-corrected chi connectivity index (χ3v) is 3.76. The van der Waals surface area contributed by atoms with Gasteiger partial charge in [0.25, 0.3) is 0 Å². The monoisotopic (exact) mass is 269 g/mol. The summed E-state index contributed by atoms with van der Waals surface area (Å²) in [4.78, 5) is 0. The van der Waals surface area contributed by atoms with Crippen molar-refractivity contribution >= 4 is 22.0 Å². The van der Waals surface area contributed by atoms with Gasteiger partial charge in [0.15, 0.2) is 0 Å². The van der Waals surface area contributed by atoms with E-state index in [1.54, 1.807) is 0 Å². The molecule has 0 aliphatic carbocycles. The highest BCUT2D eigenvalue weighted by atomic mass is 79.9. The predicted molar refractivity (Wildman–Crippen MR) is 65.7 cm³/mol. The Hall–Kier alpha value is -0.610. The largest absolute Gasteiger partial charge is 0.316 e. The van der Waals surface area contributed by atoms with Crippen molar-refractivity contribution in [2.75, 3.05) is 13.1 Å². The van der Waals surface area contributed by atoms with Gasteiger partial charge < -0.3 is 5.32 Å². The number of hydrogen-bond donors (Lipinski definition) is 1. The normalized spacial score (nSPS) is 16.9. The smallest absolute Gasteiger partial charge is 0.0751 e. The Balaban J connectivity index is 2.29. The Labute approximate surface area is 98.7 Å². The maximum atomic E-state index is 4.39. The van der Waals surface area contributed by atoms with Crippen molar-refractivity contribution in [2.45, 2.75) is 19.8 Å². The van der Waals surface area contributed by atoms with Gasteiger partial charge in [-0.3, -0.25) is 4.68 Å². The number of halogens is 1. The number of piperidine rings is 1. The van der Waals surface area contributed by atoms with E-state index >= 15 is 0 Å². The van der Waals surface area contributed by atoms with Gasteiger partial charge in [-0.25, -0.2) is 0 Å². The van der Waals surface area contributed by atoms with E-state index in [0.717, 1.165) is 36.1 Å². The summed E-state index contributed by atoms with van der Waals surface area (Å²) in [6, 6.07) is 0. The van der Waals surface area contributed by atoms with Crippen molar-refractivity contribution in [1.29, 1.82) is 0 Å². The summed E-state index contributed by atoms with van der Waals surface area (Å²) in [5.41, 5.74) is 3.75. The second-order valence-corrected chi connectivity index (χ2v) is 4.75. The van der Waals surface area contributed by atoms with Gasteiger partial charge in [0, 0.05) is 7.05 Å². The van der Waals surface area contributed by atoms with Gasteiger partial charge in [-0.15, -0.1) is 0 Å². The summed E-state index contributed by atoms with van der Waals surface area (Å²) in [5, 5.41) is 7.75. The molecule has 1 fully saturated rings. The minimum atomic E-state index is 1.05. The van der Waals surface area contributed by atoms with E-state index in [9.17, 15) is 0 Å². The van der Waals surface area contributed by atoms with Crippen LogP contribution in [0.2, 0.25) is 0 Å². The minimum absolute atomic E-state index is 1.05. The molecule has 1 aliphatic rings. The average Bonchev–Trinajstić information content (AvgIpc) is 2.47. The first kappa shape index (κ1) is 10.9. The zero-order valence-corrected chi connectivity index (χ0v) is 10.8. The number of aryl methyl sites for hydroxylation is 2. The molecule has 1 aliphatic heterocycles. The molecule has 1 aromatic rings. The standard InChI is InChI=1S/C11H16BrN3/c1-8-11(12)10(15(2)14-8)7-9-3-5-13-6-4-9/h7,13H,3-6H2,1-2H3. The molecule has 1 aromatic heterocycles. The molecule has 15 heavy (non-hydrogen) atoms. The van der Waals surface area contributed by atoms with E-state index in [4.69, 9.17) is 0 Å². The molecule has 1 N–H and O–H groups in total. The third-order valence-electron chi connectivity index (χ3n) is 2.78. The van der Waals surface area contributed by atoms with E-state index in [1.807, 2.05) is 18.7 Å². The lowest BCUT2D eigenvalue weighted by molar-refractivity contribution is 0.612. The molecule has 2 heterocycles. The summed E-state index contributed by atoms with van der Waals surface area (Å²) in [5.74, 6) is 0. The topological polar surface area (TPSA) is 29.9 Å². The molecular weight excluding hydrogens is 254 g/mol. The number of hydrogen-bond acceptors (Lipinski definition) is 2. The van der Waals surface area contributed by atoms with Crippen molar-refractivity contribution < 1.29 is 0 Å². The number of rotatable bonds is 1. The number of nitrogens with one attached hydrogen (secondary N) is 1. The quantitative estimate of drug-likeness (QED) is 0.848. The molecule has 2 rings (SSSR count). The van der Waals surface area contributed by atoms with Crippen LogP contribution in [0.1, 0.15) is 24.2 Å². The predicted octanol–water partition coefficient (Wildman–Crippen LogP) is 2.26. The molecule has 1 saturated heterocycles. The Kier molecular flexibility index (Phi) is 3.26. The van der Waals surface area contributed by atoms with Gasteiger partial charge in [-0.05, 0) is 54.9 Å². The van der Waals surface area contributed by atoms with Crippen LogP contribution in [0, 0.1) is 6.92 Å². The molecule has 0 spiro atoms. The van der Waals surface area contributed by atoms with Crippen LogP contribution in [0.25, 0.3) is 6.08 Å². The second-order valence-electron chi connectivity index (χ2n) is 3.96. The van der Waals surface area contributed by atoms with Crippen molar-refractivity contribution in [3.63, 3.8) is 0 Å². The molecule has 0 saturated carbocycles. The summed E-state index contributed by atoms with van der Waals surface area (Å²) in [7, 11) is 1.99. The van der Waals surface area contributed by atoms with Crippen molar-refractivity contribution in [2.24, 2.45) is 7.05 Å². The highest BCUT2D eigenvalue weighted by Crippen LogP contribution is 2.24. The SMILES string of the molecule is Cc1nn(C)c(C=C2CCNCC2)c1Br. The van der Waals surface area contributed by atoms with Crippen LogP contribution in [-0.2, 0) is 7.05 Å². The zero-order valence-electron chi connectivity index (χ0n) is 9.18. The van der Waals surface area contributed by atoms with Gasteiger partial charge in [0.1, 0.15) is 0 Å². The van der Waals surface area contributed by atoms with Crippen LogP contribution in [-0.4, -0.2) is 22.9 Å². The Bertz CT molecular complexity index is 385. The maximum Gasteiger partial charge on any atom is 0.0751 e. The van der Waals surface area contributed by atoms with E-state index < -0.39 is 0 Å². The Morgan fingerprint density at radius 2 is 2.07 bits per heavy atom. The Morgan fingerprint density at radius 3 is 2.60 bits per heavy atom. The fourth-order valence-corrected chi connectivity index (χ4v) is 2.34. The van der Waals surface area contributed by atoms with Gasteiger partial charge in [0.05, 0.1) is 15.9 Å².